The number of carbonyl (C=O) groups is 1. The number of halogens is 1. The maximum atomic E-state index is 13.4. The molecule has 0 aliphatic heterocycles. The van der Waals surface area contributed by atoms with Gasteiger partial charge < -0.3 is 14.9 Å². The van der Waals surface area contributed by atoms with Crippen LogP contribution in [0.1, 0.15) is 47.6 Å². The lowest BCUT2D eigenvalue weighted by atomic mass is 9.93. The average molecular weight is 432 g/mol. The molecule has 0 radical (unpaired) electrons. The van der Waals surface area contributed by atoms with Gasteiger partial charge in [-0.1, -0.05) is 17.7 Å². The van der Waals surface area contributed by atoms with Crippen LogP contribution >= 0.6 is 11.6 Å². The lowest BCUT2D eigenvalue weighted by molar-refractivity contribution is 0.0696. The predicted octanol–water partition coefficient (Wildman–Crippen LogP) is 3.08. The van der Waals surface area contributed by atoms with Gasteiger partial charge in [0.25, 0.3) is 0 Å². The van der Waals surface area contributed by atoms with Crippen LogP contribution in [0.2, 0.25) is 5.02 Å². The van der Waals surface area contributed by atoms with Gasteiger partial charge in [-0.2, -0.15) is 0 Å². The summed E-state index contributed by atoms with van der Waals surface area (Å²) in [7, 11) is 1.53. The number of aliphatic hydroxyl groups is 1. The molecule has 0 amide bonds. The van der Waals surface area contributed by atoms with Crippen molar-refractivity contribution in [2.45, 2.75) is 44.4 Å². The Morgan fingerprint density at radius 2 is 2.00 bits per heavy atom. The number of carboxylic acids is 1. The second-order valence-electron chi connectivity index (χ2n) is 7.54. The summed E-state index contributed by atoms with van der Waals surface area (Å²) in [5, 5.41) is 19.6. The maximum absolute atomic E-state index is 13.4. The summed E-state index contributed by atoms with van der Waals surface area (Å²) < 4.78 is 8.34. The number of nitrogens with zero attached hydrogens (tertiary/aromatic N) is 3. The largest absolute Gasteiger partial charge is 0.495 e. The number of carboxylic acid groups (broad SMARTS) is 1. The van der Waals surface area contributed by atoms with Crippen molar-refractivity contribution >= 4 is 28.7 Å². The molecule has 1 aromatic carbocycles. The van der Waals surface area contributed by atoms with Crippen LogP contribution in [0.4, 0.5) is 0 Å². The number of imidazole rings is 1. The van der Waals surface area contributed by atoms with Gasteiger partial charge in [0.2, 0.25) is 0 Å². The number of benzene rings is 1. The number of ether oxygens (including phenoxy) is 1. The van der Waals surface area contributed by atoms with Crippen molar-refractivity contribution in [1.82, 2.24) is 14.1 Å². The molecular formula is C21H22ClN3O5. The van der Waals surface area contributed by atoms with Crippen LogP contribution in [0, 0.1) is 0 Å². The number of pyridine rings is 1. The van der Waals surface area contributed by atoms with Crippen LogP contribution in [0.5, 0.6) is 5.75 Å². The van der Waals surface area contributed by atoms with E-state index in [0.29, 0.717) is 47.6 Å². The molecule has 1 aliphatic rings. The van der Waals surface area contributed by atoms with Gasteiger partial charge >= 0.3 is 11.7 Å². The van der Waals surface area contributed by atoms with Crippen LogP contribution in [-0.4, -0.2) is 43.5 Å². The van der Waals surface area contributed by atoms with E-state index in [2.05, 4.69) is 4.98 Å². The van der Waals surface area contributed by atoms with Gasteiger partial charge in [0, 0.05) is 12.2 Å². The number of aromatic nitrogens is 3. The number of hydrogen-bond acceptors (Lipinski definition) is 5. The van der Waals surface area contributed by atoms with Crippen molar-refractivity contribution in [3.05, 3.63) is 57.1 Å². The Morgan fingerprint density at radius 3 is 2.63 bits per heavy atom. The van der Waals surface area contributed by atoms with E-state index < -0.39 is 5.97 Å². The van der Waals surface area contributed by atoms with Crippen molar-refractivity contribution in [3.8, 4) is 5.75 Å². The van der Waals surface area contributed by atoms with Crippen molar-refractivity contribution in [3.63, 3.8) is 0 Å². The number of fused-ring (bicyclic) bond motifs is 1. The minimum atomic E-state index is -1.11. The molecule has 0 spiro atoms. The monoisotopic (exact) mass is 431 g/mol. The molecule has 2 aromatic heterocycles. The van der Waals surface area contributed by atoms with Crippen molar-refractivity contribution in [2.75, 3.05) is 7.11 Å². The highest BCUT2D eigenvalue weighted by Gasteiger charge is 2.26. The molecule has 158 valence electrons. The second-order valence-corrected chi connectivity index (χ2v) is 7.95. The predicted molar refractivity (Wildman–Crippen MR) is 112 cm³/mol. The third kappa shape index (κ3) is 3.68. The molecule has 0 unspecified atom stereocenters. The van der Waals surface area contributed by atoms with Gasteiger partial charge in [-0.25, -0.2) is 14.6 Å². The zero-order chi connectivity index (χ0) is 21.4. The van der Waals surface area contributed by atoms with Crippen LogP contribution in [0.25, 0.3) is 11.2 Å². The highest BCUT2D eigenvalue weighted by molar-refractivity contribution is 6.32. The number of methoxy groups -OCH3 is 1. The molecular weight excluding hydrogens is 410 g/mol. The highest BCUT2D eigenvalue weighted by Crippen LogP contribution is 2.30. The summed E-state index contributed by atoms with van der Waals surface area (Å²) in [4.78, 5) is 29.2. The minimum absolute atomic E-state index is 0.0141. The van der Waals surface area contributed by atoms with E-state index in [-0.39, 0.29) is 29.9 Å². The van der Waals surface area contributed by atoms with Crippen LogP contribution in [0.3, 0.4) is 0 Å². The fourth-order valence-electron chi connectivity index (χ4n) is 4.06. The Labute approximate surface area is 177 Å². The van der Waals surface area contributed by atoms with Crippen LogP contribution < -0.4 is 10.4 Å². The molecule has 1 aliphatic carbocycles. The SMILES string of the molecule is COc1ccc(Cn2c(=O)n([C@H]3CC[C@H](O)CC3)c3ncc(C(=O)O)cc32)cc1Cl. The fraction of sp³-hybridized carbons (Fsp3) is 0.381. The zero-order valence-corrected chi connectivity index (χ0v) is 17.2. The summed E-state index contributed by atoms with van der Waals surface area (Å²) >= 11 is 6.23. The summed E-state index contributed by atoms with van der Waals surface area (Å²) in [5.74, 6) is -0.574. The molecule has 2 N–H and O–H groups in total. The number of aliphatic hydroxyl groups excluding tert-OH is 1. The molecule has 3 aromatic rings. The van der Waals surface area contributed by atoms with Crippen molar-refractivity contribution in [1.29, 1.82) is 0 Å². The fourth-order valence-corrected chi connectivity index (χ4v) is 4.34. The van der Waals surface area contributed by atoms with E-state index in [4.69, 9.17) is 16.3 Å². The quantitative estimate of drug-likeness (QED) is 0.643. The van der Waals surface area contributed by atoms with Crippen molar-refractivity contribution < 1.29 is 19.7 Å². The maximum Gasteiger partial charge on any atom is 0.337 e. The lowest BCUT2D eigenvalue weighted by Gasteiger charge is -2.26. The van der Waals surface area contributed by atoms with Gasteiger partial charge in [-0.15, -0.1) is 0 Å². The smallest absolute Gasteiger partial charge is 0.337 e. The highest BCUT2D eigenvalue weighted by atomic mass is 35.5. The first-order chi connectivity index (χ1) is 14.4. The van der Waals surface area contributed by atoms with Crippen LogP contribution in [-0.2, 0) is 6.54 Å². The minimum Gasteiger partial charge on any atom is -0.495 e. The summed E-state index contributed by atoms with van der Waals surface area (Å²) in [6.45, 7) is 0.214. The van der Waals surface area contributed by atoms with Gasteiger partial charge in [0.05, 0.1) is 35.9 Å². The van der Waals surface area contributed by atoms with E-state index >= 15 is 0 Å². The molecule has 9 heteroatoms. The first kappa shape index (κ1) is 20.4. The van der Waals surface area contributed by atoms with Gasteiger partial charge in [0.15, 0.2) is 5.65 Å². The Kier molecular flexibility index (Phi) is 5.53. The van der Waals surface area contributed by atoms with E-state index in [1.807, 2.05) is 6.07 Å². The van der Waals surface area contributed by atoms with Gasteiger partial charge in [-0.05, 0) is 49.4 Å². The number of rotatable bonds is 5. The normalized spacial score (nSPS) is 19.2. The van der Waals surface area contributed by atoms with E-state index in [9.17, 15) is 19.8 Å². The summed E-state index contributed by atoms with van der Waals surface area (Å²) in [6.07, 6.45) is 3.48. The summed E-state index contributed by atoms with van der Waals surface area (Å²) in [6, 6.07) is 6.65. The standard InChI is InChI=1S/C21H22ClN3O5/c1-30-18-7-2-12(8-16(18)22)11-24-17-9-13(20(27)28)10-23-19(17)25(21(24)29)14-3-5-15(26)6-4-14/h2,7-10,14-15,26H,3-6,11H2,1H3,(H,27,28)/t14-,15-. The average Bonchev–Trinajstić information content (AvgIpc) is 3.00. The topological polar surface area (TPSA) is 107 Å². The van der Waals surface area contributed by atoms with E-state index in [0.717, 1.165) is 5.56 Å². The first-order valence-electron chi connectivity index (χ1n) is 9.73. The molecule has 30 heavy (non-hydrogen) atoms. The molecule has 1 saturated carbocycles. The molecule has 8 nitrogen and oxygen atoms in total. The lowest BCUT2D eigenvalue weighted by Crippen LogP contribution is -2.31. The number of aromatic carboxylic acids is 1. The van der Waals surface area contributed by atoms with E-state index in [1.165, 1.54) is 23.9 Å². The Morgan fingerprint density at radius 1 is 1.27 bits per heavy atom. The summed E-state index contributed by atoms with van der Waals surface area (Å²) in [5.41, 5.74) is 1.44. The Bertz CT molecular complexity index is 1160. The molecule has 1 fully saturated rings. The van der Waals surface area contributed by atoms with Gasteiger partial charge in [-0.3, -0.25) is 9.13 Å². The third-order valence-electron chi connectivity index (χ3n) is 5.64. The van der Waals surface area contributed by atoms with E-state index in [1.54, 1.807) is 16.7 Å². The van der Waals surface area contributed by atoms with Crippen molar-refractivity contribution in [2.24, 2.45) is 0 Å². The molecule has 0 saturated heterocycles. The Hall–Kier alpha value is -2.84. The first-order valence-corrected chi connectivity index (χ1v) is 10.1. The van der Waals surface area contributed by atoms with Crippen LogP contribution in [0.15, 0.2) is 35.3 Å². The molecule has 0 bridgehead atoms. The Balaban J connectivity index is 1.84. The number of hydrogen-bond donors (Lipinski definition) is 2. The molecule has 4 rings (SSSR count). The molecule has 2 heterocycles. The zero-order valence-electron chi connectivity index (χ0n) is 16.4. The molecule has 0 atom stereocenters. The third-order valence-corrected chi connectivity index (χ3v) is 5.93. The van der Waals surface area contributed by atoms with Gasteiger partial charge in [0.1, 0.15) is 5.75 Å². The second kappa shape index (κ2) is 8.12.